The highest BCUT2D eigenvalue weighted by molar-refractivity contribution is 6.38. The Hall–Kier alpha value is -1.39. The molecule has 0 N–H and O–H groups in total. The van der Waals surface area contributed by atoms with Crippen LogP contribution in [0.1, 0.15) is 17.4 Å². The number of fused-ring (bicyclic) bond motifs is 1. The van der Waals surface area contributed by atoms with Gasteiger partial charge in [-0.1, -0.05) is 23.2 Å². The van der Waals surface area contributed by atoms with Crippen LogP contribution in [0.2, 0.25) is 10.0 Å². The van der Waals surface area contributed by atoms with Crippen molar-refractivity contribution in [3.8, 4) is 0 Å². The van der Waals surface area contributed by atoms with E-state index in [-0.39, 0.29) is 17.3 Å². The van der Waals surface area contributed by atoms with E-state index >= 15 is 0 Å². The maximum Gasteiger partial charge on any atom is 0.360 e. The van der Waals surface area contributed by atoms with Gasteiger partial charge in [-0.25, -0.2) is 4.79 Å². The summed E-state index contributed by atoms with van der Waals surface area (Å²) < 4.78 is 4.83. The lowest BCUT2D eigenvalue weighted by Crippen LogP contribution is -2.09. The van der Waals surface area contributed by atoms with Gasteiger partial charge < -0.3 is 4.74 Å². The Morgan fingerprint density at radius 1 is 1.35 bits per heavy atom. The Balaban J connectivity index is 2.60. The van der Waals surface area contributed by atoms with Gasteiger partial charge in [-0.15, -0.1) is 10.2 Å². The fourth-order valence-electron chi connectivity index (χ4n) is 1.38. The maximum atomic E-state index is 11.6. The molecule has 0 radical (unpaired) electrons. The van der Waals surface area contributed by atoms with E-state index in [1.165, 1.54) is 0 Å². The first kappa shape index (κ1) is 12.1. The summed E-state index contributed by atoms with van der Waals surface area (Å²) in [4.78, 5) is 11.6. The average Bonchev–Trinajstić information content (AvgIpc) is 2.30. The van der Waals surface area contributed by atoms with Crippen LogP contribution in [0.15, 0.2) is 18.2 Å². The molecule has 0 fully saturated rings. The van der Waals surface area contributed by atoms with Crippen molar-refractivity contribution in [2.75, 3.05) is 6.61 Å². The molecule has 0 bridgehead atoms. The first-order valence-corrected chi connectivity index (χ1v) is 5.67. The lowest BCUT2D eigenvalue weighted by Gasteiger charge is -2.05. The van der Waals surface area contributed by atoms with Crippen molar-refractivity contribution in [3.63, 3.8) is 0 Å². The normalized spacial score (nSPS) is 10.5. The third-order valence-electron chi connectivity index (χ3n) is 2.13. The van der Waals surface area contributed by atoms with Gasteiger partial charge in [0.05, 0.1) is 17.1 Å². The molecule has 0 spiro atoms. The van der Waals surface area contributed by atoms with Gasteiger partial charge in [0.25, 0.3) is 0 Å². The van der Waals surface area contributed by atoms with Crippen LogP contribution >= 0.6 is 23.2 Å². The highest BCUT2D eigenvalue weighted by atomic mass is 35.5. The summed E-state index contributed by atoms with van der Waals surface area (Å²) in [5.41, 5.74) is 0.579. The molecule has 1 aromatic heterocycles. The molecule has 1 aromatic carbocycles. The van der Waals surface area contributed by atoms with Crippen molar-refractivity contribution in [1.29, 1.82) is 0 Å². The highest BCUT2D eigenvalue weighted by Crippen LogP contribution is 2.27. The van der Waals surface area contributed by atoms with Crippen LogP contribution in [0.3, 0.4) is 0 Å². The quantitative estimate of drug-likeness (QED) is 0.787. The molecule has 0 aliphatic heterocycles. The largest absolute Gasteiger partial charge is 0.461 e. The topological polar surface area (TPSA) is 52.1 Å². The van der Waals surface area contributed by atoms with Crippen molar-refractivity contribution in [2.24, 2.45) is 0 Å². The number of rotatable bonds is 2. The number of carbonyl (C=O) groups excluding carboxylic acids is 1. The average molecular weight is 271 g/mol. The number of benzene rings is 1. The smallest absolute Gasteiger partial charge is 0.360 e. The van der Waals surface area contributed by atoms with Crippen molar-refractivity contribution < 1.29 is 9.53 Å². The van der Waals surface area contributed by atoms with Crippen LogP contribution in [0.25, 0.3) is 10.9 Å². The van der Waals surface area contributed by atoms with E-state index in [0.29, 0.717) is 15.9 Å². The summed E-state index contributed by atoms with van der Waals surface area (Å²) in [6.45, 7) is 1.96. The fourth-order valence-corrected chi connectivity index (χ4v) is 1.81. The van der Waals surface area contributed by atoms with Gasteiger partial charge in [-0.2, -0.15) is 0 Å². The monoisotopic (exact) mass is 270 g/mol. The van der Waals surface area contributed by atoms with Gasteiger partial charge >= 0.3 is 5.97 Å². The van der Waals surface area contributed by atoms with Crippen molar-refractivity contribution in [3.05, 3.63) is 33.9 Å². The number of hydrogen-bond acceptors (Lipinski definition) is 4. The zero-order valence-electron chi connectivity index (χ0n) is 8.91. The molecule has 88 valence electrons. The van der Waals surface area contributed by atoms with Gasteiger partial charge in [0, 0.05) is 10.4 Å². The van der Waals surface area contributed by atoms with Crippen LogP contribution < -0.4 is 0 Å². The molecule has 0 amide bonds. The predicted octanol–water partition coefficient (Wildman–Crippen LogP) is 3.11. The van der Waals surface area contributed by atoms with Crippen molar-refractivity contribution in [2.45, 2.75) is 6.92 Å². The first-order valence-electron chi connectivity index (χ1n) is 4.92. The molecule has 1 heterocycles. The van der Waals surface area contributed by atoms with E-state index in [0.717, 1.165) is 0 Å². The summed E-state index contributed by atoms with van der Waals surface area (Å²) in [7, 11) is 0. The van der Waals surface area contributed by atoms with Gasteiger partial charge in [0.2, 0.25) is 0 Å². The highest BCUT2D eigenvalue weighted by Gasteiger charge is 2.17. The number of hydrogen-bond donors (Lipinski definition) is 0. The maximum absolute atomic E-state index is 11.6. The van der Waals surface area contributed by atoms with Crippen LogP contribution in [0, 0.1) is 0 Å². The SMILES string of the molecule is CCOC(=O)c1nnc2ccc(Cl)cc2c1Cl. The summed E-state index contributed by atoms with van der Waals surface area (Å²) in [6.07, 6.45) is 0. The molecule has 0 saturated heterocycles. The lowest BCUT2D eigenvalue weighted by molar-refractivity contribution is 0.0518. The van der Waals surface area contributed by atoms with E-state index in [2.05, 4.69) is 10.2 Å². The molecule has 4 nitrogen and oxygen atoms in total. The van der Waals surface area contributed by atoms with E-state index in [1.807, 2.05) is 0 Å². The minimum absolute atomic E-state index is 0.00304. The molecule has 0 atom stereocenters. The number of halogens is 2. The predicted molar refractivity (Wildman–Crippen MR) is 65.5 cm³/mol. The molecule has 0 unspecified atom stereocenters. The first-order chi connectivity index (χ1) is 8.13. The van der Waals surface area contributed by atoms with Crippen molar-refractivity contribution >= 4 is 40.1 Å². The van der Waals surface area contributed by atoms with E-state index in [9.17, 15) is 4.79 Å². The lowest BCUT2D eigenvalue weighted by atomic mass is 10.2. The minimum Gasteiger partial charge on any atom is -0.461 e. The second kappa shape index (κ2) is 4.85. The van der Waals surface area contributed by atoms with E-state index < -0.39 is 5.97 Å². The summed E-state index contributed by atoms with van der Waals surface area (Å²) in [6, 6.07) is 5.00. The van der Waals surface area contributed by atoms with Crippen LogP contribution in [-0.2, 0) is 4.74 Å². The Bertz CT molecular complexity index is 587. The Labute approximate surface area is 107 Å². The Morgan fingerprint density at radius 3 is 2.82 bits per heavy atom. The molecular formula is C11H8Cl2N2O2. The van der Waals surface area contributed by atoms with E-state index in [4.69, 9.17) is 27.9 Å². The molecule has 2 rings (SSSR count). The minimum atomic E-state index is -0.591. The van der Waals surface area contributed by atoms with Crippen LogP contribution in [0.5, 0.6) is 0 Å². The van der Waals surface area contributed by atoms with Crippen molar-refractivity contribution in [1.82, 2.24) is 10.2 Å². The molecular weight excluding hydrogens is 263 g/mol. The van der Waals surface area contributed by atoms with Gasteiger partial charge in [-0.3, -0.25) is 0 Å². The number of aromatic nitrogens is 2. The molecule has 2 aromatic rings. The number of carbonyl (C=O) groups is 1. The summed E-state index contributed by atoms with van der Waals surface area (Å²) >= 11 is 11.9. The zero-order chi connectivity index (χ0) is 12.4. The second-order valence-electron chi connectivity index (χ2n) is 3.24. The molecule has 0 aliphatic carbocycles. The molecule has 6 heteroatoms. The molecule has 17 heavy (non-hydrogen) atoms. The standard InChI is InChI=1S/C11H8Cl2N2O2/c1-2-17-11(16)10-9(13)7-5-6(12)3-4-8(7)14-15-10/h3-5H,2H2,1H3. The third-order valence-corrected chi connectivity index (χ3v) is 2.75. The Morgan fingerprint density at radius 2 is 2.12 bits per heavy atom. The molecule has 0 saturated carbocycles. The Kier molecular flexibility index (Phi) is 3.45. The zero-order valence-corrected chi connectivity index (χ0v) is 10.4. The fraction of sp³-hybridized carbons (Fsp3) is 0.182. The summed E-state index contributed by atoms with van der Waals surface area (Å²) in [5, 5.41) is 8.95. The number of ether oxygens (including phenoxy) is 1. The third kappa shape index (κ3) is 2.33. The van der Waals surface area contributed by atoms with Crippen LogP contribution in [0.4, 0.5) is 0 Å². The van der Waals surface area contributed by atoms with Gasteiger partial charge in [-0.05, 0) is 25.1 Å². The number of esters is 1. The second-order valence-corrected chi connectivity index (χ2v) is 4.06. The number of nitrogens with zero attached hydrogens (tertiary/aromatic N) is 2. The van der Waals surface area contributed by atoms with Gasteiger partial charge in [0.15, 0.2) is 5.69 Å². The van der Waals surface area contributed by atoms with Crippen LogP contribution in [-0.4, -0.2) is 22.8 Å². The molecule has 0 aliphatic rings. The summed E-state index contributed by atoms with van der Waals surface area (Å²) in [5.74, 6) is -0.591. The van der Waals surface area contributed by atoms with E-state index in [1.54, 1.807) is 25.1 Å². The van der Waals surface area contributed by atoms with Gasteiger partial charge in [0.1, 0.15) is 0 Å².